The first-order valence-electron chi connectivity index (χ1n) is 5.95. The number of alkyl halides is 1. The molecular formula is C13H25IO2. The Balaban J connectivity index is 4.58. The number of hydrogen-bond donors (Lipinski definition) is 0. The normalized spacial score (nSPS) is 18.1. The number of halogens is 1. The molecule has 3 unspecified atom stereocenters. The van der Waals surface area contributed by atoms with Crippen LogP contribution in [0.25, 0.3) is 0 Å². The van der Waals surface area contributed by atoms with E-state index in [4.69, 9.17) is 4.74 Å². The number of esters is 1. The van der Waals surface area contributed by atoms with Crippen LogP contribution in [-0.4, -0.2) is 16.0 Å². The molecule has 0 rings (SSSR count). The van der Waals surface area contributed by atoms with E-state index in [0.717, 1.165) is 0 Å². The second-order valence-electron chi connectivity index (χ2n) is 5.54. The van der Waals surface area contributed by atoms with Crippen LogP contribution in [0.15, 0.2) is 0 Å². The van der Waals surface area contributed by atoms with Gasteiger partial charge in [-0.05, 0) is 39.5 Å². The highest BCUT2D eigenvalue weighted by molar-refractivity contribution is 14.1. The monoisotopic (exact) mass is 340 g/mol. The van der Waals surface area contributed by atoms with E-state index >= 15 is 0 Å². The molecule has 0 amide bonds. The van der Waals surface area contributed by atoms with Crippen molar-refractivity contribution in [2.45, 2.75) is 58.5 Å². The van der Waals surface area contributed by atoms with E-state index in [1.165, 1.54) is 0 Å². The molecule has 3 heteroatoms. The van der Waals surface area contributed by atoms with Crippen LogP contribution in [-0.2, 0) is 9.53 Å². The fourth-order valence-corrected chi connectivity index (χ4v) is 1.58. The van der Waals surface area contributed by atoms with Gasteiger partial charge >= 0.3 is 5.97 Å². The minimum absolute atomic E-state index is 0.0215. The first kappa shape index (κ1) is 16.2. The SMILES string of the molecule is CC(C)C(C)C(C)(C)C(=O)OC(C)C(C)I. The van der Waals surface area contributed by atoms with E-state index in [9.17, 15) is 4.79 Å². The van der Waals surface area contributed by atoms with Crippen molar-refractivity contribution in [2.24, 2.45) is 17.3 Å². The van der Waals surface area contributed by atoms with Gasteiger partial charge in [0, 0.05) is 3.92 Å². The molecule has 3 atom stereocenters. The summed E-state index contributed by atoms with van der Waals surface area (Å²) in [7, 11) is 0. The highest BCUT2D eigenvalue weighted by Crippen LogP contribution is 2.34. The summed E-state index contributed by atoms with van der Waals surface area (Å²) in [6.45, 7) is 14.4. The van der Waals surface area contributed by atoms with Crippen LogP contribution in [0.3, 0.4) is 0 Å². The number of hydrogen-bond acceptors (Lipinski definition) is 2. The molecule has 0 saturated heterocycles. The lowest BCUT2D eigenvalue weighted by Crippen LogP contribution is -2.38. The van der Waals surface area contributed by atoms with Gasteiger partial charge in [0.15, 0.2) is 0 Å². The molecule has 0 aliphatic carbocycles. The van der Waals surface area contributed by atoms with E-state index < -0.39 is 5.41 Å². The van der Waals surface area contributed by atoms with Gasteiger partial charge in [-0.1, -0.05) is 43.4 Å². The molecule has 0 N–H and O–H groups in total. The van der Waals surface area contributed by atoms with Crippen LogP contribution in [0.1, 0.15) is 48.5 Å². The molecule has 0 heterocycles. The lowest BCUT2D eigenvalue weighted by Gasteiger charge is -2.33. The van der Waals surface area contributed by atoms with Gasteiger partial charge < -0.3 is 4.74 Å². The van der Waals surface area contributed by atoms with Gasteiger partial charge in [-0.2, -0.15) is 0 Å². The van der Waals surface area contributed by atoms with Gasteiger partial charge in [0.2, 0.25) is 0 Å². The zero-order valence-electron chi connectivity index (χ0n) is 11.5. The second-order valence-corrected chi connectivity index (χ2v) is 7.51. The van der Waals surface area contributed by atoms with Crippen molar-refractivity contribution in [1.29, 1.82) is 0 Å². The average Bonchev–Trinajstić information content (AvgIpc) is 2.15. The predicted molar refractivity (Wildman–Crippen MR) is 76.8 cm³/mol. The van der Waals surface area contributed by atoms with Crippen molar-refractivity contribution in [3.63, 3.8) is 0 Å². The summed E-state index contributed by atoms with van der Waals surface area (Å²) in [4.78, 5) is 12.1. The molecule has 0 aliphatic heterocycles. The van der Waals surface area contributed by atoms with E-state index in [1.807, 2.05) is 20.8 Å². The summed E-state index contributed by atoms with van der Waals surface area (Å²) in [5.74, 6) is 0.719. The largest absolute Gasteiger partial charge is 0.461 e. The minimum atomic E-state index is -0.409. The number of carbonyl (C=O) groups is 1. The third-order valence-corrected chi connectivity index (χ3v) is 4.62. The Hall–Kier alpha value is 0.200. The van der Waals surface area contributed by atoms with Crippen LogP contribution in [0.4, 0.5) is 0 Å². The molecular weight excluding hydrogens is 315 g/mol. The second kappa shape index (κ2) is 6.22. The van der Waals surface area contributed by atoms with Gasteiger partial charge in [0.1, 0.15) is 6.10 Å². The fraction of sp³-hybridized carbons (Fsp3) is 0.923. The summed E-state index contributed by atoms with van der Waals surface area (Å²) in [6.07, 6.45) is -0.0215. The fourth-order valence-electron chi connectivity index (χ4n) is 1.43. The van der Waals surface area contributed by atoms with Crippen LogP contribution in [0.2, 0.25) is 0 Å². The van der Waals surface area contributed by atoms with E-state index in [-0.39, 0.29) is 12.1 Å². The number of ether oxygens (including phenoxy) is 1. The highest BCUT2D eigenvalue weighted by atomic mass is 127. The van der Waals surface area contributed by atoms with Gasteiger partial charge in [-0.15, -0.1) is 0 Å². The summed E-state index contributed by atoms with van der Waals surface area (Å²) in [5.41, 5.74) is -0.409. The third-order valence-electron chi connectivity index (χ3n) is 3.60. The van der Waals surface area contributed by atoms with Crippen molar-refractivity contribution < 1.29 is 9.53 Å². The summed E-state index contributed by atoms with van der Waals surface area (Å²) >= 11 is 2.28. The Bertz CT molecular complexity index is 234. The molecule has 0 aromatic rings. The van der Waals surface area contributed by atoms with E-state index in [1.54, 1.807) is 0 Å². The maximum absolute atomic E-state index is 12.1. The Morgan fingerprint density at radius 3 is 1.88 bits per heavy atom. The molecule has 0 bridgehead atoms. The zero-order valence-corrected chi connectivity index (χ0v) is 13.7. The molecule has 0 saturated carbocycles. The topological polar surface area (TPSA) is 26.3 Å². The van der Waals surface area contributed by atoms with Crippen molar-refractivity contribution in [3.05, 3.63) is 0 Å². The van der Waals surface area contributed by atoms with Gasteiger partial charge in [0.25, 0.3) is 0 Å². The Morgan fingerprint density at radius 1 is 1.12 bits per heavy atom. The highest BCUT2D eigenvalue weighted by Gasteiger charge is 2.38. The predicted octanol–water partition coefficient (Wildman–Crippen LogP) is 4.06. The van der Waals surface area contributed by atoms with Crippen molar-refractivity contribution in [1.82, 2.24) is 0 Å². The van der Waals surface area contributed by atoms with Crippen molar-refractivity contribution >= 4 is 28.6 Å². The minimum Gasteiger partial charge on any atom is -0.461 e. The quantitative estimate of drug-likeness (QED) is 0.429. The summed E-state index contributed by atoms with van der Waals surface area (Å²) in [5, 5.41) is 0. The molecule has 0 fully saturated rings. The summed E-state index contributed by atoms with van der Waals surface area (Å²) < 4.78 is 5.84. The molecule has 0 spiro atoms. The van der Waals surface area contributed by atoms with Crippen LogP contribution >= 0.6 is 22.6 Å². The first-order chi connectivity index (χ1) is 7.10. The smallest absolute Gasteiger partial charge is 0.312 e. The average molecular weight is 340 g/mol. The molecule has 2 nitrogen and oxygen atoms in total. The van der Waals surface area contributed by atoms with Gasteiger partial charge in [-0.3, -0.25) is 4.79 Å². The lowest BCUT2D eigenvalue weighted by molar-refractivity contribution is -0.162. The molecule has 0 aromatic carbocycles. The maximum atomic E-state index is 12.1. The van der Waals surface area contributed by atoms with Crippen LogP contribution in [0.5, 0.6) is 0 Å². The molecule has 0 aliphatic rings. The van der Waals surface area contributed by atoms with Crippen LogP contribution < -0.4 is 0 Å². The third kappa shape index (κ3) is 4.22. The molecule has 0 aromatic heterocycles. The summed E-state index contributed by atoms with van der Waals surface area (Å²) in [6, 6.07) is 0. The molecule has 96 valence electrons. The molecule has 0 radical (unpaired) electrons. The number of rotatable bonds is 5. The molecule has 16 heavy (non-hydrogen) atoms. The van der Waals surface area contributed by atoms with Crippen LogP contribution in [0, 0.1) is 17.3 Å². The van der Waals surface area contributed by atoms with E-state index in [0.29, 0.717) is 15.8 Å². The maximum Gasteiger partial charge on any atom is 0.312 e. The first-order valence-corrected chi connectivity index (χ1v) is 7.20. The zero-order chi connectivity index (χ0) is 13.1. The van der Waals surface area contributed by atoms with Gasteiger partial charge in [-0.25, -0.2) is 0 Å². The lowest BCUT2D eigenvalue weighted by atomic mass is 9.74. The van der Waals surface area contributed by atoms with Gasteiger partial charge in [0.05, 0.1) is 5.41 Å². The van der Waals surface area contributed by atoms with Crippen molar-refractivity contribution in [3.8, 4) is 0 Å². The van der Waals surface area contributed by atoms with Crippen molar-refractivity contribution in [2.75, 3.05) is 0 Å². The Kier molecular flexibility index (Phi) is 6.30. The van der Waals surface area contributed by atoms with E-state index in [2.05, 4.69) is 50.3 Å². The number of carbonyl (C=O) groups excluding carboxylic acids is 1. The Morgan fingerprint density at radius 2 is 1.56 bits per heavy atom. The Labute approximate surface area is 114 Å². The standard InChI is InChI=1S/C13H25IO2/c1-8(2)9(3)13(6,7)12(15)16-11(5)10(4)14/h8-11H,1-7H3.